The molecule has 0 aromatic heterocycles. The number of benzene rings is 3. The van der Waals surface area contributed by atoms with Crippen molar-refractivity contribution in [1.29, 1.82) is 0 Å². The second-order valence-electron chi connectivity index (χ2n) is 7.24. The van der Waals surface area contributed by atoms with Gasteiger partial charge in [0.1, 0.15) is 12.3 Å². The summed E-state index contributed by atoms with van der Waals surface area (Å²) in [7, 11) is 0. The number of amides is 2. The van der Waals surface area contributed by atoms with Crippen LogP contribution in [0.4, 0.5) is 11.4 Å². The fraction of sp³-hybridized carbons (Fsp3) is 0.200. The first kappa shape index (κ1) is 19.7. The summed E-state index contributed by atoms with van der Waals surface area (Å²) in [5.74, 6) is 0.336. The van der Waals surface area contributed by atoms with E-state index in [2.05, 4.69) is 17.4 Å². The van der Waals surface area contributed by atoms with E-state index in [-0.39, 0.29) is 18.4 Å². The molecule has 30 heavy (non-hydrogen) atoms. The quantitative estimate of drug-likeness (QED) is 0.646. The molecule has 3 aromatic carbocycles. The van der Waals surface area contributed by atoms with Gasteiger partial charge in [0.25, 0.3) is 0 Å². The molecule has 152 valence electrons. The summed E-state index contributed by atoms with van der Waals surface area (Å²) in [6.45, 7) is 0.489. The summed E-state index contributed by atoms with van der Waals surface area (Å²) < 4.78 is 5.91. The molecule has 1 heterocycles. The molecule has 0 saturated carbocycles. The zero-order valence-corrected chi connectivity index (χ0v) is 16.7. The van der Waals surface area contributed by atoms with Gasteiger partial charge in [-0.25, -0.2) is 0 Å². The Morgan fingerprint density at radius 1 is 0.900 bits per heavy atom. The van der Waals surface area contributed by atoms with Gasteiger partial charge in [-0.05, 0) is 35.7 Å². The predicted octanol–water partition coefficient (Wildman–Crippen LogP) is 4.23. The molecule has 0 unspecified atom stereocenters. The Hall–Kier alpha value is -3.60. The summed E-state index contributed by atoms with van der Waals surface area (Å²) in [6, 6.07) is 25.2. The van der Waals surface area contributed by atoms with Gasteiger partial charge in [0, 0.05) is 18.5 Å². The molecule has 5 heteroatoms. The zero-order chi connectivity index (χ0) is 20.8. The van der Waals surface area contributed by atoms with Crippen LogP contribution in [-0.4, -0.2) is 25.0 Å². The third kappa shape index (κ3) is 4.69. The molecule has 5 nitrogen and oxygen atoms in total. The van der Waals surface area contributed by atoms with Gasteiger partial charge in [0.2, 0.25) is 11.8 Å². The molecule has 0 bridgehead atoms. The molecule has 1 aliphatic heterocycles. The van der Waals surface area contributed by atoms with Gasteiger partial charge in [-0.15, -0.1) is 0 Å². The number of fused-ring (bicyclic) bond motifs is 1. The van der Waals surface area contributed by atoms with Gasteiger partial charge in [0.05, 0.1) is 12.3 Å². The first-order valence-electron chi connectivity index (χ1n) is 10.1. The maximum absolute atomic E-state index is 12.7. The van der Waals surface area contributed by atoms with Crippen molar-refractivity contribution in [2.24, 2.45) is 0 Å². The Morgan fingerprint density at radius 2 is 1.63 bits per heavy atom. The normalized spacial score (nSPS) is 12.9. The smallest absolute Gasteiger partial charge is 0.244 e. The van der Waals surface area contributed by atoms with Crippen LogP contribution in [0.25, 0.3) is 0 Å². The molecular formula is C25H24N2O3. The Bertz CT molecular complexity index is 1030. The number of rotatable bonds is 7. The van der Waals surface area contributed by atoms with Crippen LogP contribution in [-0.2, 0) is 22.4 Å². The minimum Gasteiger partial charge on any atom is -0.491 e. The van der Waals surface area contributed by atoms with Crippen LogP contribution in [0.3, 0.4) is 0 Å². The third-order valence-corrected chi connectivity index (χ3v) is 5.15. The van der Waals surface area contributed by atoms with Crippen molar-refractivity contribution in [2.75, 3.05) is 23.4 Å². The average Bonchev–Trinajstić information content (AvgIpc) is 2.78. The van der Waals surface area contributed by atoms with E-state index in [9.17, 15) is 9.59 Å². The second kappa shape index (κ2) is 9.27. The van der Waals surface area contributed by atoms with E-state index in [1.54, 1.807) is 4.90 Å². The van der Waals surface area contributed by atoms with E-state index in [1.807, 2.05) is 66.7 Å². The number of carbonyl (C=O) groups is 2. The lowest BCUT2D eigenvalue weighted by atomic mass is 10.0. The number of anilines is 2. The van der Waals surface area contributed by atoms with E-state index in [0.717, 1.165) is 17.7 Å². The molecule has 3 aromatic rings. The summed E-state index contributed by atoms with van der Waals surface area (Å²) in [6.07, 6.45) is 1.91. The largest absolute Gasteiger partial charge is 0.491 e. The highest BCUT2D eigenvalue weighted by molar-refractivity contribution is 6.04. The summed E-state index contributed by atoms with van der Waals surface area (Å²) in [4.78, 5) is 26.7. The van der Waals surface area contributed by atoms with Crippen molar-refractivity contribution < 1.29 is 14.3 Å². The van der Waals surface area contributed by atoms with E-state index < -0.39 is 0 Å². The Labute approximate surface area is 176 Å². The van der Waals surface area contributed by atoms with Crippen LogP contribution in [0.15, 0.2) is 78.9 Å². The lowest BCUT2D eigenvalue weighted by molar-refractivity contribution is -0.121. The van der Waals surface area contributed by atoms with Gasteiger partial charge in [0.15, 0.2) is 0 Å². The summed E-state index contributed by atoms with van der Waals surface area (Å²) in [5, 5.41) is 2.90. The monoisotopic (exact) mass is 400 g/mol. The number of nitrogens with zero attached hydrogens (tertiary/aromatic N) is 1. The second-order valence-corrected chi connectivity index (χ2v) is 7.24. The highest BCUT2D eigenvalue weighted by Crippen LogP contribution is 2.28. The van der Waals surface area contributed by atoms with E-state index in [1.165, 1.54) is 5.56 Å². The van der Waals surface area contributed by atoms with E-state index >= 15 is 0 Å². The SMILES string of the molecule is O=C(CN1C(=O)CCc2ccccc21)Nc1ccccc1OCCc1ccccc1. The minimum absolute atomic E-state index is 0.0196. The number of hydrogen-bond acceptors (Lipinski definition) is 3. The first-order chi connectivity index (χ1) is 14.7. The lowest BCUT2D eigenvalue weighted by Gasteiger charge is -2.28. The maximum Gasteiger partial charge on any atom is 0.244 e. The molecule has 0 spiro atoms. The van der Waals surface area contributed by atoms with Crippen molar-refractivity contribution in [1.82, 2.24) is 0 Å². The van der Waals surface area contributed by atoms with Gasteiger partial charge >= 0.3 is 0 Å². The van der Waals surface area contributed by atoms with Crippen LogP contribution in [0.5, 0.6) is 5.75 Å². The topological polar surface area (TPSA) is 58.6 Å². The molecular weight excluding hydrogens is 376 g/mol. The van der Waals surface area contributed by atoms with Crippen LogP contribution in [0, 0.1) is 0 Å². The first-order valence-corrected chi connectivity index (χ1v) is 10.1. The van der Waals surface area contributed by atoms with Crippen molar-refractivity contribution in [2.45, 2.75) is 19.3 Å². The average molecular weight is 400 g/mol. The molecule has 2 amide bonds. The number of aryl methyl sites for hydroxylation is 1. The van der Waals surface area contributed by atoms with Crippen LogP contribution < -0.4 is 15.0 Å². The highest BCUT2D eigenvalue weighted by atomic mass is 16.5. The zero-order valence-electron chi connectivity index (χ0n) is 16.7. The number of hydrogen-bond donors (Lipinski definition) is 1. The number of nitrogens with one attached hydrogen (secondary N) is 1. The molecule has 0 aliphatic carbocycles. The summed E-state index contributed by atoms with van der Waals surface area (Å²) in [5.41, 5.74) is 3.71. The van der Waals surface area contributed by atoms with Gasteiger partial charge in [-0.3, -0.25) is 9.59 Å². The molecule has 0 fully saturated rings. The molecule has 0 saturated heterocycles. The van der Waals surface area contributed by atoms with Gasteiger partial charge in [-0.2, -0.15) is 0 Å². The Morgan fingerprint density at radius 3 is 2.50 bits per heavy atom. The van der Waals surface area contributed by atoms with Crippen LogP contribution in [0.1, 0.15) is 17.5 Å². The third-order valence-electron chi connectivity index (χ3n) is 5.15. The molecule has 4 rings (SSSR count). The standard InChI is InChI=1S/C25H24N2O3/c28-24(18-27-22-12-6-4-10-20(22)14-15-25(27)29)26-21-11-5-7-13-23(21)30-17-16-19-8-2-1-3-9-19/h1-13H,14-18H2,(H,26,28). The van der Waals surface area contributed by atoms with Crippen molar-refractivity contribution in [3.8, 4) is 5.75 Å². The van der Waals surface area contributed by atoms with Crippen LogP contribution in [0.2, 0.25) is 0 Å². The maximum atomic E-state index is 12.7. The van der Waals surface area contributed by atoms with Crippen molar-refractivity contribution in [3.05, 3.63) is 90.0 Å². The Kier molecular flexibility index (Phi) is 6.09. The highest BCUT2D eigenvalue weighted by Gasteiger charge is 2.25. The number of carbonyl (C=O) groups excluding carboxylic acids is 2. The molecule has 1 N–H and O–H groups in total. The summed E-state index contributed by atoms with van der Waals surface area (Å²) >= 11 is 0. The lowest BCUT2D eigenvalue weighted by Crippen LogP contribution is -2.40. The fourth-order valence-electron chi connectivity index (χ4n) is 3.62. The van der Waals surface area contributed by atoms with Gasteiger partial charge < -0.3 is 15.0 Å². The van der Waals surface area contributed by atoms with Crippen molar-refractivity contribution >= 4 is 23.2 Å². The molecule has 0 radical (unpaired) electrons. The predicted molar refractivity (Wildman–Crippen MR) is 118 cm³/mol. The molecule has 1 aliphatic rings. The van der Waals surface area contributed by atoms with Crippen LogP contribution >= 0.6 is 0 Å². The Balaban J connectivity index is 1.40. The fourth-order valence-corrected chi connectivity index (χ4v) is 3.62. The van der Waals surface area contributed by atoms with Gasteiger partial charge in [-0.1, -0.05) is 60.7 Å². The minimum atomic E-state index is -0.251. The van der Waals surface area contributed by atoms with Crippen molar-refractivity contribution in [3.63, 3.8) is 0 Å². The number of ether oxygens (including phenoxy) is 1. The van der Waals surface area contributed by atoms with E-state index in [4.69, 9.17) is 4.74 Å². The molecule has 0 atom stereocenters. The van der Waals surface area contributed by atoms with E-state index in [0.29, 0.717) is 30.9 Å². The number of para-hydroxylation sites is 3.